The van der Waals surface area contributed by atoms with Crippen LogP contribution in [0.15, 0.2) is 0 Å². The van der Waals surface area contributed by atoms with Gasteiger partial charge in [-0.3, -0.25) is 10.1 Å². The van der Waals surface area contributed by atoms with Gasteiger partial charge in [0.05, 0.1) is 6.04 Å². The molecule has 3 amide bonds. The minimum Gasteiger partial charge on any atom is -0.341 e. The second kappa shape index (κ2) is 5.30. The Hall–Kier alpha value is -1.10. The summed E-state index contributed by atoms with van der Waals surface area (Å²) in [7, 11) is 1.48. The molecule has 92 valence electrons. The zero-order valence-electron chi connectivity index (χ0n) is 10.2. The molecule has 0 heterocycles. The highest BCUT2D eigenvalue weighted by atomic mass is 16.2. The molecule has 0 aliphatic heterocycles. The molecule has 0 radical (unpaired) electrons. The van der Waals surface area contributed by atoms with Crippen LogP contribution in [-0.2, 0) is 4.79 Å². The lowest BCUT2D eigenvalue weighted by Crippen LogP contribution is -2.48. The van der Waals surface area contributed by atoms with Crippen LogP contribution in [0.25, 0.3) is 0 Å². The van der Waals surface area contributed by atoms with Crippen LogP contribution in [0.4, 0.5) is 4.79 Å². The van der Waals surface area contributed by atoms with E-state index in [1.165, 1.54) is 19.9 Å². The van der Waals surface area contributed by atoms with Crippen LogP contribution in [0, 0.1) is 5.41 Å². The van der Waals surface area contributed by atoms with Gasteiger partial charge in [-0.15, -0.1) is 0 Å². The van der Waals surface area contributed by atoms with Crippen LogP contribution in [0.1, 0.15) is 33.1 Å². The number of hydrogen-bond donors (Lipinski definition) is 3. The third-order valence-electron chi connectivity index (χ3n) is 3.35. The molecule has 1 saturated carbocycles. The molecule has 1 rings (SSSR count). The van der Waals surface area contributed by atoms with Gasteiger partial charge in [0, 0.05) is 13.6 Å². The van der Waals surface area contributed by atoms with Crippen molar-refractivity contribution in [2.75, 3.05) is 13.6 Å². The molecule has 0 spiro atoms. The van der Waals surface area contributed by atoms with Gasteiger partial charge in [0.1, 0.15) is 0 Å². The molecule has 5 heteroatoms. The Balaban J connectivity index is 2.26. The monoisotopic (exact) mass is 227 g/mol. The number of carbonyl (C=O) groups is 2. The van der Waals surface area contributed by atoms with Crippen molar-refractivity contribution < 1.29 is 9.59 Å². The van der Waals surface area contributed by atoms with Crippen LogP contribution < -0.4 is 16.0 Å². The quantitative estimate of drug-likeness (QED) is 0.644. The highest BCUT2D eigenvalue weighted by Gasteiger charge is 2.40. The number of rotatable bonds is 5. The molecule has 0 aromatic carbocycles. The maximum absolute atomic E-state index is 11.5. The first-order valence-electron chi connectivity index (χ1n) is 5.79. The van der Waals surface area contributed by atoms with Crippen molar-refractivity contribution in [3.05, 3.63) is 0 Å². The van der Waals surface area contributed by atoms with Gasteiger partial charge < -0.3 is 10.6 Å². The fourth-order valence-corrected chi connectivity index (χ4v) is 1.58. The average molecular weight is 227 g/mol. The minimum absolute atomic E-state index is 0.286. The summed E-state index contributed by atoms with van der Waals surface area (Å²) in [4.78, 5) is 22.4. The van der Waals surface area contributed by atoms with Crippen molar-refractivity contribution in [2.45, 2.75) is 39.2 Å². The zero-order chi connectivity index (χ0) is 12.2. The Morgan fingerprint density at radius 2 is 2.00 bits per heavy atom. The Kier molecular flexibility index (Phi) is 4.29. The number of carbonyl (C=O) groups excluding carboxylic acids is 2. The van der Waals surface area contributed by atoms with E-state index in [1.54, 1.807) is 6.92 Å². The van der Waals surface area contributed by atoms with Crippen molar-refractivity contribution in [3.8, 4) is 0 Å². The standard InChI is InChI=1S/C11H21N3O2/c1-4-11(5-6-11)7-13-8(2)9(15)14-10(16)12-3/h8,13H,4-7H2,1-3H3,(H2,12,14,15,16). The molecule has 1 unspecified atom stereocenters. The van der Waals surface area contributed by atoms with E-state index in [2.05, 4.69) is 22.9 Å². The van der Waals surface area contributed by atoms with Crippen molar-refractivity contribution in [2.24, 2.45) is 5.41 Å². The first kappa shape index (κ1) is 13.0. The summed E-state index contributed by atoms with van der Waals surface area (Å²) in [6.07, 6.45) is 3.62. The van der Waals surface area contributed by atoms with Crippen LogP contribution in [0.2, 0.25) is 0 Å². The summed E-state index contributed by atoms with van der Waals surface area (Å²) >= 11 is 0. The van der Waals surface area contributed by atoms with E-state index in [-0.39, 0.29) is 11.9 Å². The molecule has 1 fully saturated rings. The second-order valence-electron chi connectivity index (χ2n) is 4.52. The molecular weight excluding hydrogens is 206 g/mol. The fourth-order valence-electron chi connectivity index (χ4n) is 1.58. The number of amides is 3. The van der Waals surface area contributed by atoms with E-state index in [0.717, 1.165) is 13.0 Å². The van der Waals surface area contributed by atoms with Crippen LogP contribution >= 0.6 is 0 Å². The second-order valence-corrected chi connectivity index (χ2v) is 4.52. The van der Waals surface area contributed by atoms with Gasteiger partial charge >= 0.3 is 6.03 Å². The fraction of sp³-hybridized carbons (Fsp3) is 0.818. The van der Waals surface area contributed by atoms with Crippen LogP contribution in [-0.4, -0.2) is 31.6 Å². The Labute approximate surface area is 96.4 Å². The average Bonchev–Trinajstić information content (AvgIpc) is 3.06. The lowest BCUT2D eigenvalue weighted by Gasteiger charge is -2.18. The molecule has 1 aliphatic carbocycles. The SMILES string of the molecule is CCC1(CNC(C)C(=O)NC(=O)NC)CC1. The van der Waals surface area contributed by atoms with E-state index in [0.29, 0.717) is 5.41 Å². The number of hydrogen-bond acceptors (Lipinski definition) is 3. The molecule has 5 nitrogen and oxygen atoms in total. The Bertz CT molecular complexity index is 274. The summed E-state index contributed by atoms with van der Waals surface area (Å²) in [6, 6.07) is -0.795. The maximum Gasteiger partial charge on any atom is 0.321 e. The van der Waals surface area contributed by atoms with Crippen molar-refractivity contribution >= 4 is 11.9 Å². The molecule has 0 aromatic heterocycles. The third-order valence-corrected chi connectivity index (χ3v) is 3.35. The largest absolute Gasteiger partial charge is 0.341 e. The van der Waals surface area contributed by atoms with Gasteiger partial charge in [-0.1, -0.05) is 6.92 Å². The molecular formula is C11H21N3O2. The summed E-state index contributed by atoms with van der Waals surface area (Å²) in [5.41, 5.74) is 0.404. The van der Waals surface area contributed by atoms with E-state index in [4.69, 9.17) is 0 Å². The van der Waals surface area contributed by atoms with Crippen LogP contribution in [0.3, 0.4) is 0 Å². The van der Waals surface area contributed by atoms with E-state index in [9.17, 15) is 9.59 Å². The molecule has 1 atom stereocenters. The maximum atomic E-state index is 11.5. The smallest absolute Gasteiger partial charge is 0.321 e. The van der Waals surface area contributed by atoms with E-state index in [1.807, 2.05) is 0 Å². The normalized spacial score (nSPS) is 18.7. The number of urea groups is 1. The Morgan fingerprint density at radius 1 is 1.38 bits per heavy atom. The van der Waals surface area contributed by atoms with Crippen molar-refractivity contribution in [1.29, 1.82) is 0 Å². The molecule has 16 heavy (non-hydrogen) atoms. The highest BCUT2D eigenvalue weighted by molar-refractivity contribution is 5.96. The lowest BCUT2D eigenvalue weighted by molar-refractivity contribution is -0.121. The summed E-state index contributed by atoms with van der Waals surface area (Å²) in [6.45, 7) is 4.79. The van der Waals surface area contributed by atoms with Gasteiger partial charge in [0.25, 0.3) is 0 Å². The van der Waals surface area contributed by atoms with Gasteiger partial charge in [-0.25, -0.2) is 4.79 Å². The van der Waals surface area contributed by atoms with Gasteiger partial charge in [0.15, 0.2) is 0 Å². The predicted octanol–water partition coefficient (Wildman–Crippen LogP) is 0.610. The van der Waals surface area contributed by atoms with E-state index >= 15 is 0 Å². The van der Waals surface area contributed by atoms with Crippen molar-refractivity contribution in [1.82, 2.24) is 16.0 Å². The van der Waals surface area contributed by atoms with Gasteiger partial charge in [-0.2, -0.15) is 0 Å². The lowest BCUT2D eigenvalue weighted by atomic mass is 10.0. The number of imide groups is 1. The number of nitrogens with one attached hydrogen (secondary N) is 3. The molecule has 3 N–H and O–H groups in total. The van der Waals surface area contributed by atoms with Crippen molar-refractivity contribution in [3.63, 3.8) is 0 Å². The minimum atomic E-state index is -0.463. The Morgan fingerprint density at radius 3 is 2.44 bits per heavy atom. The first-order valence-corrected chi connectivity index (χ1v) is 5.79. The highest BCUT2D eigenvalue weighted by Crippen LogP contribution is 2.47. The molecule has 0 bridgehead atoms. The zero-order valence-corrected chi connectivity index (χ0v) is 10.2. The summed E-state index contributed by atoms with van der Waals surface area (Å²) in [5, 5.41) is 7.77. The summed E-state index contributed by atoms with van der Waals surface area (Å²) < 4.78 is 0. The van der Waals surface area contributed by atoms with Crippen LogP contribution in [0.5, 0.6) is 0 Å². The summed E-state index contributed by atoms with van der Waals surface area (Å²) in [5.74, 6) is -0.286. The topological polar surface area (TPSA) is 70.2 Å². The molecule has 0 aromatic rings. The molecule has 1 aliphatic rings. The van der Waals surface area contributed by atoms with Gasteiger partial charge in [-0.05, 0) is 31.6 Å². The predicted molar refractivity (Wildman–Crippen MR) is 62.0 cm³/mol. The first-order chi connectivity index (χ1) is 7.53. The third kappa shape index (κ3) is 3.48. The van der Waals surface area contributed by atoms with E-state index < -0.39 is 6.03 Å². The van der Waals surface area contributed by atoms with Gasteiger partial charge in [0.2, 0.25) is 5.91 Å². The molecule has 0 saturated heterocycles.